The topological polar surface area (TPSA) is 88.3 Å². The number of amides is 1. The van der Waals surface area contributed by atoms with E-state index in [1.54, 1.807) is 36.5 Å². The summed E-state index contributed by atoms with van der Waals surface area (Å²) in [7, 11) is 0. The summed E-state index contributed by atoms with van der Waals surface area (Å²) < 4.78 is 1.28. The second-order valence-corrected chi connectivity index (χ2v) is 8.83. The van der Waals surface area contributed by atoms with Gasteiger partial charge < -0.3 is 10.0 Å². The Bertz CT molecular complexity index is 1180. The van der Waals surface area contributed by atoms with Gasteiger partial charge in [-0.25, -0.2) is 4.68 Å². The fourth-order valence-electron chi connectivity index (χ4n) is 5.43. The molecule has 160 valence electrons. The molecule has 2 fully saturated rings. The van der Waals surface area contributed by atoms with Crippen molar-refractivity contribution in [1.82, 2.24) is 19.7 Å². The van der Waals surface area contributed by atoms with Crippen LogP contribution in [0.4, 0.5) is 0 Å². The molecule has 7 heteroatoms. The van der Waals surface area contributed by atoms with Gasteiger partial charge in [0.2, 0.25) is 5.91 Å². The van der Waals surface area contributed by atoms with E-state index in [-0.39, 0.29) is 23.3 Å². The number of aliphatic hydroxyl groups is 1. The van der Waals surface area contributed by atoms with Crippen LogP contribution in [-0.4, -0.2) is 43.8 Å². The minimum Gasteiger partial charge on any atom is -0.385 e. The Morgan fingerprint density at radius 2 is 2.03 bits per heavy atom. The molecule has 3 heterocycles. The number of aromatic nitrogens is 3. The third-order valence-electron chi connectivity index (χ3n) is 7.11. The Kier molecular flexibility index (Phi) is 4.85. The Morgan fingerprint density at radius 3 is 2.84 bits per heavy atom. The third kappa shape index (κ3) is 3.24. The summed E-state index contributed by atoms with van der Waals surface area (Å²) in [5, 5.41) is 17.2. The van der Waals surface area contributed by atoms with Gasteiger partial charge in [-0.3, -0.25) is 14.6 Å². The van der Waals surface area contributed by atoms with Gasteiger partial charge in [0.15, 0.2) is 0 Å². The van der Waals surface area contributed by atoms with Gasteiger partial charge in [0.05, 0.1) is 17.2 Å². The molecule has 0 unspecified atom stereocenters. The molecule has 2 aliphatic rings. The van der Waals surface area contributed by atoms with Crippen LogP contribution in [0.5, 0.6) is 0 Å². The first-order chi connectivity index (χ1) is 15.0. The molecule has 1 aliphatic carbocycles. The van der Waals surface area contributed by atoms with Gasteiger partial charge in [-0.15, -0.1) is 0 Å². The van der Waals surface area contributed by atoms with Crippen molar-refractivity contribution < 1.29 is 9.90 Å². The molecule has 1 aliphatic heterocycles. The molecule has 7 nitrogen and oxygen atoms in total. The van der Waals surface area contributed by atoms with E-state index in [0.29, 0.717) is 24.9 Å². The first-order valence-electron chi connectivity index (χ1n) is 10.9. The summed E-state index contributed by atoms with van der Waals surface area (Å²) in [6.07, 6.45) is 7.63. The SMILES string of the molecule is C[C@@H](C(=O)N1C[C@@H]2CCC[C@](O)(c3cccnc3)[C@@H]2C1)n1ncc2ccccc2c1=O. The summed E-state index contributed by atoms with van der Waals surface area (Å²) in [6.45, 7) is 2.79. The van der Waals surface area contributed by atoms with E-state index in [1.165, 1.54) is 4.68 Å². The molecule has 4 atom stereocenters. The molecular weight excluding hydrogens is 392 g/mol. The van der Waals surface area contributed by atoms with Crippen LogP contribution in [0.25, 0.3) is 10.8 Å². The molecule has 1 saturated carbocycles. The Labute approximate surface area is 180 Å². The average Bonchev–Trinajstić information content (AvgIpc) is 3.25. The molecule has 31 heavy (non-hydrogen) atoms. The number of hydrogen-bond acceptors (Lipinski definition) is 5. The summed E-state index contributed by atoms with van der Waals surface area (Å²) in [5.74, 6) is 0.0621. The van der Waals surface area contributed by atoms with Gasteiger partial charge in [0, 0.05) is 42.4 Å². The van der Waals surface area contributed by atoms with E-state index in [1.807, 2.05) is 30.3 Å². The van der Waals surface area contributed by atoms with Crippen molar-refractivity contribution in [2.75, 3.05) is 13.1 Å². The molecule has 0 radical (unpaired) electrons. The van der Waals surface area contributed by atoms with Crippen LogP contribution in [0.1, 0.15) is 37.8 Å². The lowest BCUT2D eigenvalue weighted by Gasteiger charge is -2.41. The predicted octanol–water partition coefficient (Wildman–Crippen LogP) is 2.50. The molecule has 1 aromatic carbocycles. The molecule has 0 bridgehead atoms. The van der Waals surface area contributed by atoms with Crippen LogP contribution in [-0.2, 0) is 10.4 Å². The number of benzene rings is 1. The lowest BCUT2D eigenvalue weighted by Crippen LogP contribution is -2.43. The van der Waals surface area contributed by atoms with E-state index in [9.17, 15) is 14.7 Å². The lowest BCUT2D eigenvalue weighted by molar-refractivity contribution is -0.134. The van der Waals surface area contributed by atoms with E-state index in [0.717, 1.165) is 23.8 Å². The minimum atomic E-state index is -0.979. The molecule has 1 N–H and O–H groups in total. The highest BCUT2D eigenvalue weighted by atomic mass is 16.3. The van der Waals surface area contributed by atoms with Crippen LogP contribution >= 0.6 is 0 Å². The number of hydrogen-bond donors (Lipinski definition) is 1. The standard InChI is InChI=1S/C24H26N4O3/c1-16(28-23(30)20-9-3-2-6-17(20)12-26-28)22(29)27-14-18-7-4-10-24(31,21(18)15-27)19-8-5-11-25-13-19/h2-3,5-6,8-9,11-13,16,18,21,31H,4,7,10,14-15H2,1H3/t16-,18-,21+,24-/m0/s1. The normalized spacial score (nSPS) is 26.6. The molecule has 1 amide bonds. The number of pyridine rings is 1. The zero-order valence-corrected chi connectivity index (χ0v) is 17.5. The Hall–Kier alpha value is -3.06. The number of fused-ring (bicyclic) bond motifs is 2. The smallest absolute Gasteiger partial charge is 0.275 e. The van der Waals surface area contributed by atoms with Crippen molar-refractivity contribution in [2.24, 2.45) is 11.8 Å². The minimum absolute atomic E-state index is 0.0390. The summed E-state index contributed by atoms with van der Waals surface area (Å²) in [4.78, 5) is 32.3. The number of carbonyl (C=O) groups is 1. The zero-order chi connectivity index (χ0) is 21.6. The molecule has 1 saturated heterocycles. The second kappa shape index (κ2) is 7.57. The molecule has 2 aromatic heterocycles. The quantitative estimate of drug-likeness (QED) is 0.706. The Morgan fingerprint density at radius 1 is 1.19 bits per heavy atom. The van der Waals surface area contributed by atoms with Crippen molar-refractivity contribution in [3.63, 3.8) is 0 Å². The fraction of sp³-hybridized carbons (Fsp3) is 0.417. The molecule has 0 spiro atoms. The maximum absolute atomic E-state index is 13.4. The Balaban J connectivity index is 1.41. The maximum Gasteiger partial charge on any atom is 0.275 e. The first kappa shape index (κ1) is 19.9. The number of nitrogens with zero attached hydrogens (tertiary/aromatic N) is 4. The summed E-state index contributed by atoms with van der Waals surface area (Å²) in [6, 6.07) is 10.3. The van der Waals surface area contributed by atoms with Gasteiger partial charge in [0.1, 0.15) is 6.04 Å². The van der Waals surface area contributed by atoms with E-state index >= 15 is 0 Å². The van der Waals surface area contributed by atoms with Crippen molar-refractivity contribution in [3.05, 3.63) is 70.9 Å². The van der Waals surface area contributed by atoms with E-state index in [4.69, 9.17) is 0 Å². The van der Waals surface area contributed by atoms with Gasteiger partial charge >= 0.3 is 0 Å². The predicted molar refractivity (Wildman–Crippen MR) is 116 cm³/mol. The van der Waals surface area contributed by atoms with E-state index < -0.39 is 11.6 Å². The van der Waals surface area contributed by atoms with Gasteiger partial charge in [0.25, 0.3) is 5.56 Å². The van der Waals surface area contributed by atoms with Crippen molar-refractivity contribution in [1.29, 1.82) is 0 Å². The summed E-state index contributed by atoms with van der Waals surface area (Å²) in [5.41, 5.74) is -0.421. The van der Waals surface area contributed by atoms with Crippen molar-refractivity contribution in [3.8, 4) is 0 Å². The lowest BCUT2D eigenvalue weighted by atomic mass is 9.68. The first-order valence-corrected chi connectivity index (χ1v) is 10.9. The van der Waals surface area contributed by atoms with Crippen LogP contribution in [0, 0.1) is 11.8 Å². The third-order valence-corrected chi connectivity index (χ3v) is 7.11. The summed E-state index contributed by atoms with van der Waals surface area (Å²) >= 11 is 0. The van der Waals surface area contributed by atoms with Gasteiger partial charge in [-0.2, -0.15) is 5.10 Å². The fourth-order valence-corrected chi connectivity index (χ4v) is 5.43. The number of carbonyl (C=O) groups excluding carboxylic acids is 1. The highest BCUT2D eigenvalue weighted by molar-refractivity contribution is 5.82. The van der Waals surface area contributed by atoms with Gasteiger partial charge in [-0.1, -0.05) is 24.3 Å². The monoisotopic (exact) mass is 418 g/mol. The van der Waals surface area contributed by atoms with Crippen LogP contribution in [0.3, 0.4) is 0 Å². The number of likely N-dealkylation sites (tertiary alicyclic amines) is 1. The van der Waals surface area contributed by atoms with Crippen LogP contribution in [0.2, 0.25) is 0 Å². The van der Waals surface area contributed by atoms with Crippen LogP contribution < -0.4 is 5.56 Å². The number of rotatable bonds is 3. The highest BCUT2D eigenvalue weighted by Crippen LogP contribution is 2.48. The average molecular weight is 418 g/mol. The zero-order valence-electron chi connectivity index (χ0n) is 17.5. The van der Waals surface area contributed by atoms with Crippen molar-refractivity contribution in [2.45, 2.75) is 37.8 Å². The second-order valence-electron chi connectivity index (χ2n) is 8.83. The molecule has 3 aromatic rings. The van der Waals surface area contributed by atoms with Crippen LogP contribution in [0.15, 0.2) is 59.8 Å². The van der Waals surface area contributed by atoms with Gasteiger partial charge in [-0.05, 0) is 44.2 Å². The largest absolute Gasteiger partial charge is 0.385 e. The maximum atomic E-state index is 13.4. The van der Waals surface area contributed by atoms with E-state index in [2.05, 4.69) is 10.1 Å². The van der Waals surface area contributed by atoms with Crippen molar-refractivity contribution >= 4 is 16.7 Å². The molecular formula is C24H26N4O3. The molecule has 5 rings (SSSR count). The highest BCUT2D eigenvalue weighted by Gasteiger charge is 2.51.